The van der Waals surface area contributed by atoms with Gasteiger partial charge in [0, 0.05) is 38.2 Å². The highest BCUT2D eigenvalue weighted by Crippen LogP contribution is 2.34. The topological polar surface area (TPSA) is 63.9 Å². The number of aromatic nitrogens is 2. The Morgan fingerprint density at radius 1 is 1.28 bits per heavy atom. The fraction of sp³-hybridized carbons (Fsp3) is 0.556. The number of likely N-dealkylation sites (N-methyl/N-ethyl adjacent to an activating group) is 1. The SMILES string of the molecule is Cc1nc(CN(C)[C@@H]2CCN(Cc3cccc4c3OCCO4)C2)no1. The van der Waals surface area contributed by atoms with Crippen molar-refractivity contribution in [3.05, 3.63) is 35.5 Å². The second kappa shape index (κ2) is 7.01. The molecule has 0 unspecified atom stereocenters. The van der Waals surface area contributed by atoms with Crippen molar-refractivity contribution in [1.29, 1.82) is 0 Å². The van der Waals surface area contributed by atoms with Gasteiger partial charge in [0.1, 0.15) is 13.2 Å². The average molecular weight is 344 g/mol. The fourth-order valence-electron chi connectivity index (χ4n) is 3.57. The van der Waals surface area contributed by atoms with E-state index in [1.165, 1.54) is 5.56 Å². The summed E-state index contributed by atoms with van der Waals surface area (Å²) >= 11 is 0. The van der Waals surface area contributed by atoms with Crippen LogP contribution in [0.5, 0.6) is 11.5 Å². The van der Waals surface area contributed by atoms with E-state index in [0.717, 1.165) is 43.4 Å². The maximum atomic E-state index is 5.83. The number of ether oxygens (including phenoxy) is 2. The van der Waals surface area contributed by atoms with E-state index in [1.807, 2.05) is 19.1 Å². The maximum absolute atomic E-state index is 5.83. The number of fused-ring (bicyclic) bond motifs is 1. The molecule has 1 fully saturated rings. The molecule has 1 saturated heterocycles. The van der Waals surface area contributed by atoms with Crippen molar-refractivity contribution in [2.75, 3.05) is 33.4 Å². The number of para-hydroxylation sites is 1. The smallest absolute Gasteiger partial charge is 0.223 e. The summed E-state index contributed by atoms with van der Waals surface area (Å²) in [7, 11) is 2.13. The molecule has 0 saturated carbocycles. The summed E-state index contributed by atoms with van der Waals surface area (Å²) in [4.78, 5) is 9.07. The van der Waals surface area contributed by atoms with Gasteiger partial charge < -0.3 is 14.0 Å². The average Bonchev–Trinajstić information content (AvgIpc) is 3.24. The second-order valence-electron chi connectivity index (χ2n) is 6.76. The standard InChI is InChI=1S/C18H24N4O3/c1-13-19-17(20-25-13)12-21(2)15-6-7-22(11-15)10-14-4-3-5-16-18(14)24-9-8-23-16/h3-5,15H,6-12H2,1-2H3/t15-/m1/s1. The molecule has 0 spiro atoms. The van der Waals surface area contributed by atoms with Gasteiger partial charge in [0.15, 0.2) is 17.3 Å². The summed E-state index contributed by atoms with van der Waals surface area (Å²) in [5.41, 5.74) is 1.20. The number of likely N-dealkylation sites (tertiary alicyclic amines) is 1. The molecular weight excluding hydrogens is 320 g/mol. The molecule has 1 aromatic carbocycles. The molecule has 0 bridgehead atoms. The molecule has 2 aromatic rings. The molecule has 2 aliphatic heterocycles. The van der Waals surface area contributed by atoms with E-state index in [9.17, 15) is 0 Å². The van der Waals surface area contributed by atoms with Crippen molar-refractivity contribution >= 4 is 0 Å². The van der Waals surface area contributed by atoms with Gasteiger partial charge in [-0.05, 0) is 19.5 Å². The normalized spacial score (nSPS) is 20.4. The van der Waals surface area contributed by atoms with Crippen LogP contribution in [0, 0.1) is 6.92 Å². The molecule has 25 heavy (non-hydrogen) atoms. The Labute approximate surface area is 147 Å². The predicted octanol–water partition coefficient (Wildman–Crippen LogP) is 1.86. The minimum Gasteiger partial charge on any atom is -0.486 e. The minimum atomic E-state index is 0.496. The lowest BCUT2D eigenvalue weighted by Crippen LogP contribution is -2.34. The molecule has 3 heterocycles. The number of nitrogens with zero attached hydrogens (tertiary/aromatic N) is 4. The molecule has 134 valence electrons. The molecule has 0 aliphatic carbocycles. The van der Waals surface area contributed by atoms with Crippen molar-refractivity contribution in [3.63, 3.8) is 0 Å². The Bertz CT molecular complexity index is 733. The zero-order chi connectivity index (χ0) is 17.2. The molecule has 4 rings (SSSR count). The summed E-state index contributed by atoms with van der Waals surface area (Å²) < 4.78 is 16.6. The number of hydrogen-bond donors (Lipinski definition) is 0. The summed E-state index contributed by atoms with van der Waals surface area (Å²) in [5, 5.41) is 3.99. The molecule has 2 aliphatic rings. The highest BCUT2D eigenvalue weighted by atomic mass is 16.6. The quantitative estimate of drug-likeness (QED) is 0.820. The van der Waals surface area contributed by atoms with Gasteiger partial charge in [0.25, 0.3) is 0 Å². The number of aryl methyl sites for hydroxylation is 1. The fourth-order valence-corrected chi connectivity index (χ4v) is 3.57. The lowest BCUT2D eigenvalue weighted by Gasteiger charge is -2.25. The van der Waals surface area contributed by atoms with E-state index in [4.69, 9.17) is 14.0 Å². The van der Waals surface area contributed by atoms with Gasteiger partial charge in [-0.2, -0.15) is 4.98 Å². The summed E-state index contributed by atoms with van der Waals surface area (Å²) in [6.45, 7) is 6.77. The first-order valence-corrected chi connectivity index (χ1v) is 8.78. The third kappa shape index (κ3) is 3.62. The first-order chi connectivity index (χ1) is 12.2. The van der Waals surface area contributed by atoms with E-state index < -0.39 is 0 Å². The van der Waals surface area contributed by atoms with Crippen molar-refractivity contribution in [1.82, 2.24) is 19.9 Å². The summed E-state index contributed by atoms with van der Waals surface area (Å²) in [5.74, 6) is 3.14. The van der Waals surface area contributed by atoms with Crippen LogP contribution in [0.3, 0.4) is 0 Å². The first kappa shape index (κ1) is 16.4. The number of rotatable bonds is 5. The molecule has 1 atom stereocenters. The van der Waals surface area contributed by atoms with Crippen molar-refractivity contribution in [2.45, 2.75) is 32.5 Å². The van der Waals surface area contributed by atoms with Gasteiger partial charge in [-0.25, -0.2) is 0 Å². The van der Waals surface area contributed by atoms with Crippen molar-refractivity contribution in [3.8, 4) is 11.5 Å². The Hall–Kier alpha value is -2.12. The molecule has 7 nitrogen and oxygen atoms in total. The van der Waals surface area contributed by atoms with Crippen molar-refractivity contribution < 1.29 is 14.0 Å². The van der Waals surface area contributed by atoms with Crippen LogP contribution in [0.1, 0.15) is 23.7 Å². The number of hydrogen-bond acceptors (Lipinski definition) is 7. The van der Waals surface area contributed by atoms with Crippen LogP contribution in [0.2, 0.25) is 0 Å². The molecule has 0 amide bonds. The van der Waals surface area contributed by atoms with Gasteiger partial charge in [-0.3, -0.25) is 9.80 Å². The Balaban J connectivity index is 1.36. The lowest BCUT2D eigenvalue weighted by molar-refractivity contribution is 0.166. The Morgan fingerprint density at radius 2 is 2.16 bits per heavy atom. The third-order valence-electron chi connectivity index (χ3n) is 4.87. The monoisotopic (exact) mass is 344 g/mol. The molecule has 1 aromatic heterocycles. The third-order valence-corrected chi connectivity index (χ3v) is 4.87. The number of benzene rings is 1. The van der Waals surface area contributed by atoms with Crippen LogP contribution in [-0.4, -0.2) is 59.3 Å². The molecular formula is C18H24N4O3. The van der Waals surface area contributed by atoms with Crippen LogP contribution in [0.4, 0.5) is 0 Å². The van der Waals surface area contributed by atoms with Gasteiger partial charge in [-0.15, -0.1) is 0 Å². The zero-order valence-electron chi connectivity index (χ0n) is 14.8. The van der Waals surface area contributed by atoms with E-state index in [1.54, 1.807) is 0 Å². The molecule has 0 radical (unpaired) electrons. The second-order valence-corrected chi connectivity index (χ2v) is 6.76. The molecule has 7 heteroatoms. The predicted molar refractivity (Wildman–Crippen MR) is 91.6 cm³/mol. The first-order valence-electron chi connectivity index (χ1n) is 8.78. The largest absolute Gasteiger partial charge is 0.486 e. The van der Waals surface area contributed by atoms with Gasteiger partial charge in [0.2, 0.25) is 5.89 Å². The Kier molecular flexibility index (Phi) is 4.59. The van der Waals surface area contributed by atoms with Crippen LogP contribution in [0.25, 0.3) is 0 Å². The van der Waals surface area contributed by atoms with Crippen LogP contribution in [-0.2, 0) is 13.1 Å². The van der Waals surface area contributed by atoms with E-state index >= 15 is 0 Å². The molecule has 0 N–H and O–H groups in total. The van der Waals surface area contributed by atoms with Crippen LogP contribution < -0.4 is 9.47 Å². The van der Waals surface area contributed by atoms with E-state index in [-0.39, 0.29) is 0 Å². The lowest BCUT2D eigenvalue weighted by atomic mass is 10.1. The minimum absolute atomic E-state index is 0.496. The highest BCUT2D eigenvalue weighted by Gasteiger charge is 2.27. The maximum Gasteiger partial charge on any atom is 0.223 e. The van der Waals surface area contributed by atoms with Crippen LogP contribution >= 0.6 is 0 Å². The van der Waals surface area contributed by atoms with Crippen LogP contribution in [0.15, 0.2) is 22.7 Å². The van der Waals surface area contributed by atoms with E-state index in [2.05, 4.69) is 33.1 Å². The summed E-state index contributed by atoms with van der Waals surface area (Å²) in [6.07, 6.45) is 1.14. The Morgan fingerprint density at radius 3 is 3.00 bits per heavy atom. The van der Waals surface area contributed by atoms with Gasteiger partial charge in [-0.1, -0.05) is 17.3 Å². The summed E-state index contributed by atoms with van der Waals surface area (Å²) in [6, 6.07) is 6.65. The van der Waals surface area contributed by atoms with E-state index in [0.29, 0.717) is 31.7 Å². The zero-order valence-corrected chi connectivity index (χ0v) is 14.8. The highest BCUT2D eigenvalue weighted by molar-refractivity contribution is 5.47. The van der Waals surface area contributed by atoms with Crippen molar-refractivity contribution in [2.24, 2.45) is 0 Å². The van der Waals surface area contributed by atoms with Gasteiger partial charge >= 0.3 is 0 Å². The van der Waals surface area contributed by atoms with Gasteiger partial charge in [0.05, 0.1) is 6.54 Å².